The Morgan fingerprint density at radius 2 is 2.13 bits per heavy atom. The van der Waals surface area contributed by atoms with Gasteiger partial charge in [0, 0.05) is 31.4 Å². The Kier molecular flexibility index (Phi) is 4.47. The molecule has 80 valence electrons. The Morgan fingerprint density at radius 1 is 1.47 bits per heavy atom. The van der Waals surface area contributed by atoms with Gasteiger partial charge < -0.3 is 5.32 Å². The predicted octanol–water partition coefficient (Wildman–Crippen LogP) is 1.32. The summed E-state index contributed by atoms with van der Waals surface area (Å²) in [7, 11) is 0. The van der Waals surface area contributed by atoms with Crippen LogP contribution < -0.4 is 5.32 Å². The third kappa shape index (κ3) is 4.90. The molecule has 0 aromatic carbocycles. The molecular formula is C11H15N3O. The van der Waals surface area contributed by atoms with Crippen LogP contribution in [0.2, 0.25) is 0 Å². The maximum Gasteiger partial charge on any atom is 0.216 e. The van der Waals surface area contributed by atoms with Crippen LogP contribution in [0.3, 0.4) is 0 Å². The summed E-state index contributed by atoms with van der Waals surface area (Å²) in [5.41, 5.74) is 0.975. The molecule has 1 amide bonds. The first kappa shape index (κ1) is 11.4. The van der Waals surface area contributed by atoms with E-state index in [2.05, 4.69) is 15.3 Å². The van der Waals surface area contributed by atoms with Crippen molar-refractivity contribution >= 4 is 12.0 Å². The van der Waals surface area contributed by atoms with Gasteiger partial charge in [0.15, 0.2) is 0 Å². The van der Waals surface area contributed by atoms with E-state index in [1.54, 1.807) is 12.4 Å². The maximum absolute atomic E-state index is 10.6. The van der Waals surface area contributed by atoms with Crippen LogP contribution >= 0.6 is 0 Å². The first-order valence-corrected chi connectivity index (χ1v) is 4.88. The van der Waals surface area contributed by atoms with Crippen LogP contribution in [0.5, 0.6) is 0 Å². The molecule has 0 radical (unpaired) electrons. The molecular weight excluding hydrogens is 190 g/mol. The van der Waals surface area contributed by atoms with Crippen LogP contribution in [0.15, 0.2) is 18.5 Å². The van der Waals surface area contributed by atoms with Crippen molar-refractivity contribution in [3.8, 4) is 0 Å². The zero-order chi connectivity index (χ0) is 11.1. The lowest BCUT2D eigenvalue weighted by Crippen LogP contribution is -2.20. The highest BCUT2D eigenvalue weighted by Gasteiger charge is 1.89. The highest BCUT2D eigenvalue weighted by Crippen LogP contribution is 1.99. The molecule has 1 N–H and O–H groups in total. The van der Waals surface area contributed by atoms with E-state index in [4.69, 9.17) is 0 Å². The summed E-state index contributed by atoms with van der Waals surface area (Å²) in [6, 6.07) is 0. The number of nitrogens with one attached hydrogen (secondary N) is 1. The van der Waals surface area contributed by atoms with Gasteiger partial charge in [-0.1, -0.05) is 12.2 Å². The van der Waals surface area contributed by atoms with Crippen molar-refractivity contribution < 1.29 is 4.79 Å². The van der Waals surface area contributed by atoms with Crippen molar-refractivity contribution in [1.82, 2.24) is 15.3 Å². The van der Waals surface area contributed by atoms with E-state index in [1.165, 1.54) is 6.92 Å². The Hall–Kier alpha value is -1.71. The molecule has 0 saturated carbocycles. The molecule has 0 aliphatic carbocycles. The number of carbonyl (C=O) groups is 1. The molecule has 1 aromatic rings. The molecule has 0 spiro atoms. The Morgan fingerprint density at radius 3 is 2.73 bits per heavy atom. The first-order chi connectivity index (χ1) is 7.18. The van der Waals surface area contributed by atoms with E-state index >= 15 is 0 Å². The number of hydrogen-bond donors (Lipinski definition) is 1. The van der Waals surface area contributed by atoms with Crippen molar-refractivity contribution in [1.29, 1.82) is 0 Å². The van der Waals surface area contributed by atoms with Crippen molar-refractivity contribution in [2.24, 2.45) is 0 Å². The van der Waals surface area contributed by atoms with Gasteiger partial charge in [0.25, 0.3) is 0 Å². The summed E-state index contributed by atoms with van der Waals surface area (Å²) < 4.78 is 0. The number of carbonyl (C=O) groups excluding carboxylic acids is 1. The Bertz CT molecular complexity index is 343. The van der Waals surface area contributed by atoms with E-state index in [-0.39, 0.29) is 5.91 Å². The predicted molar refractivity (Wildman–Crippen MR) is 59.1 cm³/mol. The van der Waals surface area contributed by atoms with Gasteiger partial charge in [-0.2, -0.15) is 0 Å². The highest BCUT2D eigenvalue weighted by atomic mass is 16.1. The molecule has 4 nitrogen and oxygen atoms in total. The molecule has 0 bridgehead atoms. The Balaban J connectivity index is 2.32. The number of nitrogens with zero attached hydrogens (tertiary/aromatic N) is 2. The van der Waals surface area contributed by atoms with E-state index in [0.717, 1.165) is 17.8 Å². The van der Waals surface area contributed by atoms with Gasteiger partial charge in [-0.05, 0) is 13.3 Å². The fraction of sp³-hybridized carbons (Fsp3) is 0.364. The van der Waals surface area contributed by atoms with Crippen LogP contribution in [-0.4, -0.2) is 22.4 Å². The number of aryl methyl sites for hydroxylation is 1. The summed E-state index contributed by atoms with van der Waals surface area (Å²) in [6.45, 7) is 4.03. The van der Waals surface area contributed by atoms with Crippen molar-refractivity contribution in [3.05, 3.63) is 29.9 Å². The van der Waals surface area contributed by atoms with Gasteiger partial charge >= 0.3 is 0 Å². The summed E-state index contributed by atoms with van der Waals surface area (Å²) in [4.78, 5) is 18.7. The minimum absolute atomic E-state index is 0.00192. The normalized spacial score (nSPS) is 10.5. The van der Waals surface area contributed by atoms with Gasteiger partial charge in [-0.3, -0.25) is 4.79 Å². The van der Waals surface area contributed by atoms with E-state index in [9.17, 15) is 4.79 Å². The molecule has 0 aliphatic heterocycles. The van der Waals surface area contributed by atoms with Crippen molar-refractivity contribution in [2.45, 2.75) is 20.3 Å². The second kappa shape index (κ2) is 5.90. The third-order valence-electron chi connectivity index (χ3n) is 1.80. The largest absolute Gasteiger partial charge is 0.356 e. The molecule has 1 rings (SSSR count). The molecule has 1 heterocycles. The second-order valence-electron chi connectivity index (χ2n) is 3.24. The maximum atomic E-state index is 10.6. The summed E-state index contributed by atoms with van der Waals surface area (Å²) in [5, 5.41) is 2.72. The summed E-state index contributed by atoms with van der Waals surface area (Å²) in [5.74, 6) is 0.771. The average molecular weight is 205 g/mol. The van der Waals surface area contributed by atoms with Gasteiger partial charge in [0.2, 0.25) is 5.91 Å². The van der Waals surface area contributed by atoms with E-state index < -0.39 is 0 Å². The number of aromatic nitrogens is 2. The van der Waals surface area contributed by atoms with Gasteiger partial charge in [0.1, 0.15) is 5.82 Å². The number of hydrogen-bond acceptors (Lipinski definition) is 3. The van der Waals surface area contributed by atoms with Gasteiger partial charge in [-0.15, -0.1) is 0 Å². The standard InChI is InChI=1S/C11H15N3O/c1-9-13-7-11(8-14-9)5-3-4-6-12-10(2)15/h3,5,7-8H,4,6H2,1-2H3,(H,12,15). The molecule has 15 heavy (non-hydrogen) atoms. The third-order valence-corrected chi connectivity index (χ3v) is 1.80. The fourth-order valence-corrected chi connectivity index (χ4v) is 1.04. The second-order valence-corrected chi connectivity index (χ2v) is 3.24. The molecule has 0 saturated heterocycles. The lowest BCUT2D eigenvalue weighted by Gasteiger charge is -1.97. The van der Waals surface area contributed by atoms with E-state index in [0.29, 0.717) is 6.54 Å². The molecule has 0 aliphatic rings. The van der Waals surface area contributed by atoms with Crippen molar-refractivity contribution in [2.75, 3.05) is 6.54 Å². The molecule has 1 aromatic heterocycles. The zero-order valence-corrected chi connectivity index (χ0v) is 9.03. The van der Waals surface area contributed by atoms with Crippen LogP contribution in [0, 0.1) is 6.92 Å². The minimum Gasteiger partial charge on any atom is -0.356 e. The minimum atomic E-state index is 0.00192. The van der Waals surface area contributed by atoms with Crippen LogP contribution in [0.4, 0.5) is 0 Å². The van der Waals surface area contributed by atoms with Gasteiger partial charge in [0.05, 0.1) is 0 Å². The monoisotopic (exact) mass is 205 g/mol. The summed E-state index contributed by atoms with van der Waals surface area (Å²) >= 11 is 0. The number of amides is 1. The van der Waals surface area contributed by atoms with Crippen LogP contribution in [0.25, 0.3) is 6.08 Å². The fourth-order valence-electron chi connectivity index (χ4n) is 1.04. The first-order valence-electron chi connectivity index (χ1n) is 4.88. The zero-order valence-electron chi connectivity index (χ0n) is 9.03. The lowest BCUT2D eigenvalue weighted by atomic mass is 10.3. The molecule has 4 heteroatoms. The van der Waals surface area contributed by atoms with Gasteiger partial charge in [-0.25, -0.2) is 9.97 Å². The molecule has 0 fully saturated rings. The van der Waals surface area contributed by atoms with Crippen LogP contribution in [0.1, 0.15) is 24.7 Å². The topological polar surface area (TPSA) is 54.9 Å². The van der Waals surface area contributed by atoms with Crippen LogP contribution in [-0.2, 0) is 4.79 Å². The molecule has 0 atom stereocenters. The quantitative estimate of drug-likeness (QED) is 0.754. The highest BCUT2D eigenvalue weighted by molar-refractivity contribution is 5.72. The molecule has 0 unspecified atom stereocenters. The lowest BCUT2D eigenvalue weighted by molar-refractivity contribution is -0.118. The Labute approximate surface area is 89.4 Å². The van der Waals surface area contributed by atoms with Crippen molar-refractivity contribution in [3.63, 3.8) is 0 Å². The smallest absolute Gasteiger partial charge is 0.216 e. The van der Waals surface area contributed by atoms with E-state index in [1.807, 2.05) is 19.1 Å². The average Bonchev–Trinajstić information content (AvgIpc) is 2.20. The number of rotatable bonds is 4. The SMILES string of the molecule is CC(=O)NCCC=Cc1cnc(C)nc1. The summed E-state index contributed by atoms with van der Waals surface area (Å²) in [6.07, 6.45) is 8.30.